The van der Waals surface area contributed by atoms with Gasteiger partial charge in [-0.25, -0.2) is 4.98 Å². The molecule has 1 aliphatic rings. The normalized spacial score (nSPS) is 14.6. The highest BCUT2D eigenvalue weighted by atomic mass is 35.5. The number of aromatic amines is 1. The number of rotatable bonds is 9. The lowest BCUT2D eigenvalue weighted by atomic mass is 9.92. The number of phenols is 1. The summed E-state index contributed by atoms with van der Waals surface area (Å²) in [7, 11) is 0. The number of phenolic OH excluding ortho intramolecular Hbond substituents is 1. The third-order valence-electron chi connectivity index (χ3n) is 7.49. The van der Waals surface area contributed by atoms with Crippen LogP contribution in [-0.2, 0) is 4.74 Å². The summed E-state index contributed by atoms with van der Waals surface area (Å²) < 4.78 is 10.9. The van der Waals surface area contributed by atoms with Crippen molar-refractivity contribution in [3.8, 4) is 22.9 Å². The zero-order valence-electron chi connectivity index (χ0n) is 22.6. The van der Waals surface area contributed by atoms with Gasteiger partial charge in [0.2, 0.25) is 0 Å². The summed E-state index contributed by atoms with van der Waals surface area (Å²) in [6.45, 7) is 3.53. The number of halogens is 1. The number of carbonyl (C=O) groups excluding carboxylic acids is 1. The first kappa shape index (κ1) is 27.1. The first-order valence-corrected chi connectivity index (χ1v) is 14.1. The number of imidazole rings is 1. The molecule has 1 unspecified atom stereocenters. The zero-order valence-corrected chi connectivity index (χ0v) is 23.3. The van der Waals surface area contributed by atoms with Gasteiger partial charge in [0.25, 0.3) is 5.91 Å². The number of benzene rings is 4. The molecule has 0 radical (unpaired) electrons. The van der Waals surface area contributed by atoms with Crippen molar-refractivity contribution >= 4 is 45.0 Å². The molecule has 8 nitrogen and oxygen atoms in total. The highest BCUT2D eigenvalue weighted by Gasteiger charge is 2.35. The summed E-state index contributed by atoms with van der Waals surface area (Å²) in [4.78, 5) is 23.6. The molecule has 210 valence electrons. The van der Waals surface area contributed by atoms with Gasteiger partial charge in [-0.05, 0) is 65.9 Å². The van der Waals surface area contributed by atoms with Gasteiger partial charge < -0.3 is 29.6 Å². The van der Waals surface area contributed by atoms with Crippen LogP contribution in [0.1, 0.15) is 27.4 Å². The number of aryl methyl sites for hydroxylation is 1. The Kier molecular flexibility index (Phi) is 7.53. The number of anilines is 1. The molecule has 2 heterocycles. The minimum atomic E-state index is -0.159. The summed E-state index contributed by atoms with van der Waals surface area (Å²) in [6.07, 6.45) is 0. The lowest BCUT2D eigenvalue weighted by molar-refractivity contribution is 0.0705. The van der Waals surface area contributed by atoms with E-state index in [9.17, 15) is 9.90 Å². The van der Waals surface area contributed by atoms with Crippen LogP contribution in [0.15, 0.2) is 66.7 Å². The second-order valence-electron chi connectivity index (χ2n) is 10.1. The van der Waals surface area contributed by atoms with Crippen molar-refractivity contribution in [3.63, 3.8) is 0 Å². The lowest BCUT2D eigenvalue weighted by Crippen LogP contribution is -2.30. The first-order valence-electron chi connectivity index (χ1n) is 13.5. The number of hydrogen-bond acceptors (Lipinski definition) is 6. The maximum absolute atomic E-state index is 13.8. The molecule has 0 saturated heterocycles. The van der Waals surface area contributed by atoms with Gasteiger partial charge in [0.05, 0.1) is 36.5 Å². The minimum Gasteiger partial charge on any atom is -0.507 e. The molecular formula is C32H30ClN3O5. The average Bonchev–Trinajstić information content (AvgIpc) is 3.58. The van der Waals surface area contributed by atoms with Crippen molar-refractivity contribution < 1.29 is 24.5 Å². The van der Waals surface area contributed by atoms with E-state index in [0.717, 1.165) is 38.5 Å². The van der Waals surface area contributed by atoms with Crippen molar-refractivity contribution in [1.82, 2.24) is 9.97 Å². The molecule has 1 aromatic heterocycles. The van der Waals surface area contributed by atoms with Crippen LogP contribution in [0, 0.1) is 6.92 Å². The number of ether oxygens (including phenoxy) is 2. The number of nitrogens with zero attached hydrogens (tertiary/aromatic N) is 2. The molecule has 1 atom stereocenters. The van der Waals surface area contributed by atoms with Gasteiger partial charge in [-0.2, -0.15) is 0 Å². The Bertz CT molecular complexity index is 1730. The summed E-state index contributed by atoms with van der Waals surface area (Å²) in [5.74, 6) is 1.71. The van der Waals surface area contributed by atoms with Crippen LogP contribution in [0.3, 0.4) is 0 Å². The van der Waals surface area contributed by atoms with Crippen LogP contribution >= 0.6 is 11.6 Å². The van der Waals surface area contributed by atoms with Gasteiger partial charge in [-0.15, -0.1) is 11.6 Å². The molecule has 9 heteroatoms. The Hall–Kier alpha value is -4.11. The third kappa shape index (κ3) is 5.10. The number of aliphatic hydroxyl groups is 1. The largest absolute Gasteiger partial charge is 0.507 e. The molecule has 6 rings (SSSR count). The second-order valence-corrected chi connectivity index (χ2v) is 10.4. The number of fused-ring (bicyclic) bond motifs is 4. The number of H-pyrrole nitrogens is 1. The monoisotopic (exact) mass is 571 g/mol. The van der Waals surface area contributed by atoms with Gasteiger partial charge in [-0.3, -0.25) is 4.79 Å². The van der Waals surface area contributed by atoms with Crippen LogP contribution in [0.4, 0.5) is 5.69 Å². The van der Waals surface area contributed by atoms with E-state index in [1.165, 1.54) is 0 Å². The van der Waals surface area contributed by atoms with Crippen LogP contribution in [0.2, 0.25) is 0 Å². The molecule has 1 aliphatic heterocycles. The standard InChI is InChI=1S/C32H30ClN3O5/c1-19-3-2-4-24-28(38)16-27-30(29(19)24)22(17-33)18-36(27)32(39)21-7-10-25-26(15-21)35-31(34-25)20-5-8-23(9-6-20)41-14-13-40-12-11-37/h2-10,15-16,22,37-38H,11-14,17-18H2,1H3,(H,34,35). The maximum Gasteiger partial charge on any atom is 0.258 e. The Morgan fingerprint density at radius 3 is 2.71 bits per heavy atom. The predicted molar refractivity (Wildman–Crippen MR) is 160 cm³/mol. The molecule has 1 amide bonds. The summed E-state index contributed by atoms with van der Waals surface area (Å²) in [5.41, 5.74) is 5.65. The van der Waals surface area contributed by atoms with Crippen LogP contribution in [0.25, 0.3) is 33.2 Å². The summed E-state index contributed by atoms with van der Waals surface area (Å²) >= 11 is 6.40. The van der Waals surface area contributed by atoms with Crippen molar-refractivity contribution in [2.75, 3.05) is 43.8 Å². The molecule has 41 heavy (non-hydrogen) atoms. The summed E-state index contributed by atoms with van der Waals surface area (Å²) in [6, 6.07) is 20.5. The highest BCUT2D eigenvalue weighted by molar-refractivity contribution is 6.19. The van der Waals surface area contributed by atoms with Crippen LogP contribution < -0.4 is 9.64 Å². The number of aliphatic hydroxyl groups excluding tert-OH is 1. The maximum atomic E-state index is 13.8. The second kappa shape index (κ2) is 11.4. The van der Waals surface area contributed by atoms with E-state index >= 15 is 0 Å². The highest BCUT2D eigenvalue weighted by Crippen LogP contribution is 2.46. The predicted octanol–water partition coefficient (Wildman–Crippen LogP) is 5.77. The Morgan fingerprint density at radius 2 is 1.93 bits per heavy atom. The SMILES string of the molecule is Cc1cccc2c(O)cc3c(c12)C(CCl)CN3C(=O)c1ccc2nc(-c3ccc(OCCOCCO)cc3)[nH]c2c1. The molecule has 0 saturated carbocycles. The van der Waals surface area contributed by atoms with Gasteiger partial charge in [-0.1, -0.05) is 18.2 Å². The number of aromatic hydroxyl groups is 1. The van der Waals surface area contributed by atoms with Gasteiger partial charge in [0.1, 0.15) is 23.9 Å². The van der Waals surface area contributed by atoms with E-state index in [-0.39, 0.29) is 24.2 Å². The zero-order chi connectivity index (χ0) is 28.5. The smallest absolute Gasteiger partial charge is 0.258 e. The number of amides is 1. The van der Waals surface area contributed by atoms with Crippen molar-refractivity contribution in [2.24, 2.45) is 0 Å². The van der Waals surface area contributed by atoms with Crippen LogP contribution in [-0.4, -0.2) is 64.9 Å². The van der Waals surface area contributed by atoms with E-state index in [2.05, 4.69) is 4.98 Å². The fraction of sp³-hybridized carbons (Fsp3) is 0.250. The first-order chi connectivity index (χ1) is 20.0. The Labute approximate surface area is 242 Å². The van der Waals surface area contributed by atoms with Crippen LogP contribution in [0.5, 0.6) is 11.5 Å². The average molecular weight is 572 g/mol. The lowest BCUT2D eigenvalue weighted by Gasteiger charge is -2.19. The molecule has 5 aromatic rings. The molecule has 0 spiro atoms. The fourth-order valence-corrected chi connectivity index (χ4v) is 5.80. The van der Waals surface area contributed by atoms with Crippen molar-refractivity contribution in [3.05, 3.63) is 83.4 Å². The number of carbonyl (C=O) groups is 1. The quantitative estimate of drug-likeness (QED) is 0.153. The minimum absolute atomic E-state index is 0.00966. The Balaban J connectivity index is 1.25. The third-order valence-corrected chi connectivity index (χ3v) is 7.86. The van der Waals surface area contributed by atoms with Gasteiger partial charge in [0, 0.05) is 40.9 Å². The fourth-order valence-electron chi connectivity index (χ4n) is 5.55. The topological polar surface area (TPSA) is 108 Å². The number of nitrogens with one attached hydrogen (secondary N) is 1. The summed E-state index contributed by atoms with van der Waals surface area (Å²) in [5, 5.41) is 21.3. The molecular weight excluding hydrogens is 542 g/mol. The van der Waals surface area contributed by atoms with E-state index in [4.69, 9.17) is 31.2 Å². The number of hydrogen-bond donors (Lipinski definition) is 3. The van der Waals surface area contributed by atoms with Gasteiger partial charge in [0.15, 0.2) is 0 Å². The molecule has 4 aromatic carbocycles. The van der Waals surface area contributed by atoms with E-state index in [1.807, 2.05) is 61.5 Å². The van der Waals surface area contributed by atoms with E-state index in [0.29, 0.717) is 55.1 Å². The number of alkyl halides is 1. The molecule has 0 aliphatic carbocycles. The Morgan fingerprint density at radius 1 is 1.10 bits per heavy atom. The van der Waals surface area contributed by atoms with Crippen molar-refractivity contribution in [2.45, 2.75) is 12.8 Å². The molecule has 0 fully saturated rings. The number of aromatic nitrogens is 2. The molecule has 3 N–H and O–H groups in total. The van der Waals surface area contributed by atoms with Crippen molar-refractivity contribution in [1.29, 1.82) is 0 Å². The van der Waals surface area contributed by atoms with E-state index in [1.54, 1.807) is 17.0 Å². The molecule has 0 bridgehead atoms. The van der Waals surface area contributed by atoms with Gasteiger partial charge >= 0.3 is 0 Å². The van der Waals surface area contributed by atoms with E-state index < -0.39 is 0 Å².